The Morgan fingerprint density at radius 1 is 1.17 bits per heavy atom. The van der Waals surface area contributed by atoms with Gasteiger partial charge in [0.05, 0.1) is 18.9 Å². The number of hydrogen-bond donors (Lipinski definition) is 2. The van der Waals surface area contributed by atoms with E-state index in [4.69, 9.17) is 0 Å². The molecule has 0 spiro atoms. The van der Waals surface area contributed by atoms with Crippen LogP contribution in [0.25, 0.3) is 0 Å². The van der Waals surface area contributed by atoms with Gasteiger partial charge in [0, 0.05) is 13.1 Å². The van der Waals surface area contributed by atoms with Crippen molar-refractivity contribution in [2.45, 2.75) is 18.9 Å². The molecule has 5 nitrogen and oxygen atoms in total. The average Bonchev–Trinajstić information content (AvgIpc) is 2.77. The van der Waals surface area contributed by atoms with Gasteiger partial charge in [0.2, 0.25) is 11.8 Å². The highest BCUT2D eigenvalue weighted by molar-refractivity contribution is 5.82. The molecule has 0 aliphatic carbocycles. The molecule has 124 valence electrons. The topological polar surface area (TPSA) is 69.6 Å². The molecule has 1 fully saturated rings. The standard InChI is InChI=1S/C19H20N2O3/c22-16-8-4-5-14(11-16)12-19(24)21-10-9-20-18(23)13-17(21)15-6-2-1-3-7-15/h1-8,11,17,22H,9-10,12-13H2,(H,20,23)/t17-/m0/s1. The minimum atomic E-state index is -0.265. The average molecular weight is 324 g/mol. The molecular formula is C19H20N2O3. The molecule has 2 amide bonds. The van der Waals surface area contributed by atoms with Crippen molar-refractivity contribution < 1.29 is 14.7 Å². The van der Waals surface area contributed by atoms with Crippen LogP contribution in [0.2, 0.25) is 0 Å². The fourth-order valence-electron chi connectivity index (χ4n) is 3.04. The summed E-state index contributed by atoms with van der Waals surface area (Å²) in [5.41, 5.74) is 1.72. The first-order chi connectivity index (χ1) is 11.6. The summed E-state index contributed by atoms with van der Waals surface area (Å²) >= 11 is 0. The maximum atomic E-state index is 12.8. The van der Waals surface area contributed by atoms with Crippen LogP contribution >= 0.6 is 0 Å². The predicted octanol–water partition coefficient (Wildman–Crippen LogP) is 2.02. The fourth-order valence-corrected chi connectivity index (χ4v) is 3.04. The first-order valence-electron chi connectivity index (χ1n) is 8.02. The Kier molecular flexibility index (Phi) is 4.79. The molecule has 1 atom stereocenters. The van der Waals surface area contributed by atoms with Gasteiger partial charge >= 0.3 is 0 Å². The van der Waals surface area contributed by atoms with Gasteiger partial charge in [-0.25, -0.2) is 0 Å². The van der Waals surface area contributed by atoms with Crippen LogP contribution in [0.4, 0.5) is 0 Å². The molecule has 24 heavy (non-hydrogen) atoms. The number of benzene rings is 2. The summed E-state index contributed by atoms with van der Waals surface area (Å²) in [6, 6.07) is 16.1. The Bertz CT molecular complexity index is 730. The monoisotopic (exact) mass is 324 g/mol. The molecule has 2 aromatic carbocycles. The Balaban J connectivity index is 1.84. The third-order valence-electron chi connectivity index (χ3n) is 4.20. The fraction of sp³-hybridized carbons (Fsp3) is 0.263. The van der Waals surface area contributed by atoms with Gasteiger partial charge in [-0.05, 0) is 23.3 Å². The molecule has 1 heterocycles. The predicted molar refractivity (Wildman–Crippen MR) is 90.3 cm³/mol. The number of carbonyl (C=O) groups is 2. The van der Waals surface area contributed by atoms with E-state index in [0.29, 0.717) is 13.1 Å². The van der Waals surface area contributed by atoms with E-state index in [2.05, 4.69) is 5.32 Å². The van der Waals surface area contributed by atoms with E-state index < -0.39 is 0 Å². The lowest BCUT2D eigenvalue weighted by Gasteiger charge is -2.29. The van der Waals surface area contributed by atoms with Crippen molar-refractivity contribution >= 4 is 11.8 Å². The molecule has 1 saturated heterocycles. The Labute approximate surface area is 140 Å². The summed E-state index contributed by atoms with van der Waals surface area (Å²) in [6.07, 6.45) is 0.460. The maximum Gasteiger partial charge on any atom is 0.227 e. The van der Waals surface area contributed by atoms with Crippen LogP contribution in [-0.2, 0) is 16.0 Å². The lowest BCUT2D eigenvalue weighted by atomic mass is 10.0. The Hall–Kier alpha value is -2.82. The lowest BCUT2D eigenvalue weighted by molar-refractivity contribution is -0.133. The van der Waals surface area contributed by atoms with Gasteiger partial charge in [0.1, 0.15) is 5.75 Å². The number of rotatable bonds is 3. The molecule has 2 N–H and O–H groups in total. The van der Waals surface area contributed by atoms with Crippen molar-refractivity contribution in [3.05, 3.63) is 65.7 Å². The van der Waals surface area contributed by atoms with Gasteiger partial charge in [0.15, 0.2) is 0 Å². The zero-order valence-corrected chi connectivity index (χ0v) is 13.3. The third kappa shape index (κ3) is 3.74. The van der Waals surface area contributed by atoms with E-state index in [1.165, 1.54) is 0 Å². The normalized spacial score (nSPS) is 17.9. The summed E-state index contributed by atoms with van der Waals surface area (Å²) in [5.74, 6) is 0.0510. The number of hydrogen-bond acceptors (Lipinski definition) is 3. The molecule has 0 bridgehead atoms. The summed E-state index contributed by atoms with van der Waals surface area (Å²) in [5, 5.41) is 12.4. The lowest BCUT2D eigenvalue weighted by Crippen LogP contribution is -2.37. The van der Waals surface area contributed by atoms with E-state index in [0.717, 1.165) is 11.1 Å². The second-order valence-electron chi connectivity index (χ2n) is 5.91. The van der Waals surface area contributed by atoms with Crippen LogP contribution in [0.5, 0.6) is 5.75 Å². The third-order valence-corrected chi connectivity index (χ3v) is 4.20. The Morgan fingerprint density at radius 3 is 2.71 bits per heavy atom. The first kappa shape index (κ1) is 16.1. The second kappa shape index (κ2) is 7.17. The summed E-state index contributed by atoms with van der Waals surface area (Å²) in [6.45, 7) is 0.927. The number of phenolic OH excluding ortho intramolecular Hbond substituents is 1. The van der Waals surface area contributed by atoms with E-state index in [1.807, 2.05) is 36.4 Å². The van der Waals surface area contributed by atoms with Crippen LogP contribution in [-0.4, -0.2) is 34.9 Å². The molecular weight excluding hydrogens is 304 g/mol. The maximum absolute atomic E-state index is 12.8. The van der Waals surface area contributed by atoms with Gasteiger partial charge in [-0.1, -0.05) is 42.5 Å². The smallest absolute Gasteiger partial charge is 0.227 e. The van der Waals surface area contributed by atoms with Gasteiger partial charge in [0.25, 0.3) is 0 Å². The minimum absolute atomic E-state index is 0.0449. The summed E-state index contributed by atoms with van der Waals surface area (Å²) in [4.78, 5) is 26.5. The largest absolute Gasteiger partial charge is 0.508 e. The summed E-state index contributed by atoms with van der Waals surface area (Å²) < 4.78 is 0. The number of nitrogens with one attached hydrogen (secondary N) is 1. The minimum Gasteiger partial charge on any atom is -0.508 e. The zero-order valence-electron chi connectivity index (χ0n) is 13.3. The molecule has 5 heteroatoms. The Morgan fingerprint density at radius 2 is 1.96 bits per heavy atom. The molecule has 1 aliphatic rings. The molecule has 0 unspecified atom stereocenters. The number of phenols is 1. The van der Waals surface area contributed by atoms with E-state index in [1.54, 1.807) is 23.1 Å². The first-order valence-corrected chi connectivity index (χ1v) is 8.02. The van der Waals surface area contributed by atoms with Crippen molar-refractivity contribution in [2.75, 3.05) is 13.1 Å². The van der Waals surface area contributed by atoms with Crippen molar-refractivity contribution in [1.82, 2.24) is 10.2 Å². The molecule has 0 radical (unpaired) electrons. The number of carbonyl (C=O) groups excluding carboxylic acids is 2. The van der Waals surface area contributed by atoms with Crippen molar-refractivity contribution in [2.24, 2.45) is 0 Å². The highest BCUT2D eigenvalue weighted by atomic mass is 16.3. The zero-order chi connectivity index (χ0) is 16.9. The van der Waals surface area contributed by atoms with Crippen LogP contribution in [0.1, 0.15) is 23.6 Å². The van der Waals surface area contributed by atoms with Crippen LogP contribution in [0.15, 0.2) is 54.6 Å². The van der Waals surface area contributed by atoms with Crippen LogP contribution in [0, 0.1) is 0 Å². The van der Waals surface area contributed by atoms with Crippen molar-refractivity contribution in [1.29, 1.82) is 0 Å². The van der Waals surface area contributed by atoms with Gasteiger partial charge < -0.3 is 15.3 Å². The second-order valence-corrected chi connectivity index (χ2v) is 5.91. The van der Waals surface area contributed by atoms with Gasteiger partial charge in [-0.3, -0.25) is 9.59 Å². The van der Waals surface area contributed by atoms with E-state index in [9.17, 15) is 14.7 Å². The molecule has 2 aromatic rings. The van der Waals surface area contributed by atoms with E-state index in [-0.39, 0.29) is 36.4 Å². The molecule has 3 rings (SSSR count). The van der Waals surface area contributed by atoms with Gasteiger partial charge in [-0.2, -0.15) is 0 Å². The highest BCUT2D eigenvalue weighted by Crippen LogP contribution is 2.26. The van der Waals surface area contributed by atoms with Crippen molar-refractivity contribution in [3.8, 4) is 5.75 Å². The number of aromatic hydroxyl groups is 1. The van der Waals surface area contributed by atoms with Crippen LogP contribution < -0.4 is 5.32 Å². The van der Waals surface area contributed by atoms with Gasteiger partial charge in [-0.15, -0.1) is 0 Å². The number of nitrogens with zero attached hydrogens (tertiary/aromatic N) is 1. The molecule has 0 saturated carbocycles. The van der Waals surface area contributed by atoms with E-state index >= 15 is 0 Å². The molecule has 1 aliphatic heterocycles. The quantitative estimate of drug-likeness (QED) is 0.907. The van der Waals surface area contributed by atoms with Crippen molar-refractivity contribution in [3.63, 3.8) is 0 Å². The SMILES string of the molecule is O=C1C[C@@H](c2ccccc2)N(C(=O)Cc2cccc(O)c2)CCN1. The number of amides is 2. The summed E-state index contributed by atoms with van der Waals surface area (Å²) in [7, 11) is 0. The highest BCUT2D eigenvalue weighted by Gasteiger charge is 2.29. The van der Waals surface area contributed by atoms with Crippen LogP contribution in [0.3, 0.4) is 0 Å². The molecule has 0 aromatic heterocycles.